The monoisotopic (exact) mass is 283 g/mol. The number of rotatable bonds is 4. The molecule has 2 rings (SSSR count). The lowest BCUT2D eigenvalue weighted by Gasteiger charge is -2.46. The molecule has 0 aromatic rings. The Balaban J connectivity index is 1.88. The van der Waals surface area contributed by atoms with Crippen molar-refractivity contribution in [2.24, 2.45) is 17.3 Å². The first-order valence-electron chi connectivity index (χ1n) is 8.00. The average molecular weight is 283 g/mol. The van der Waals surface area contributed by atoms with E-state index in [1.807, 2.05) is 0 Å². The molecule has 0 aromatic heterocycles. The first-order chi connectivity index (χ1) is 9.43. The van der Waals surface area contributed by atoms with Crippen molar-refractivity contribution in [3.05, 3.63) is 0 Å². The maximum Gasteiger partial charge on any atom is 0.307 e. The van der Waals surface area contributed by atoms with Crippen molar-refractivity contribution in [3.63, 3.8) is 0 Å². The van der Waals surface area contributed by atoms with E-state index in [-0.39, 0.29) is 11.3 Å². The molecule has 1 saturated carbocycles. The van der Waals surface area contributed by atoms with Gasteiger partial charge in [0.05, 0.1) is 12.0 Å². The number of carboxylic acid groups (broad SMARTS) is 1. The molecule has 2 aliphatic rings. The summed E-state index contributed by atoms with van der Waals surface area (Å²) in [5, 5.41) is 13.0. The molecule has 0 bridgehead atoms. The van der Waals surface area contributed by atoms with Crippen LogP contribution in [0.3, 0.4) is 0 Å². The van der Waals surface area contributed by atoms with Crippen LogP contribution in [0.15, 0.2) is 0 Å². The number of carboxylic acids is 1. The lowest BCUT2D eigenvalue weighted by atomic mass is 9.61. The molecule has 0 aromatic carbocycles. The van der Waals surface area contributed by atoms with E-state index in [1.165, 1.54) is 12.8 Å². The van der Waals surface area contributed by atoms with Crippen LogP contribution in [0, 0.1) is 17.3 Å². The highest BCUT2D eigenvalue weighted by molar-refractivity contribution is 5.71. The number of hydrogen-bond acceptors (Lipinski definition) is 3. The fourth-order valence-electron chi connectivity index (χ4n) is 3.78. The fraction of sp³-hybridized carbons (Fsp3) is 0.938. The van der Waals surface area contributed by atoms with Gasteiger partial charge in [-0.15, -0.1) is 0 Å². The highest BCUT2D eigenvalue weighted by atomic mass is 16.5. The Morgan fingerprint density at radius 2 is 2.05 bits per heavy atom. The Morgan fingerprint density at radius 3 is 2.65 bits per heavy atom. The fourth-order valence-corrected chi connectivity index (χ4v) is 3.78. The maximum absolute atomic E-state index is 11.4. The number of nitrogens with one attached hydrogen (secondary N) is 1. The quantitative estimate of drug-likeness (QED) is 0.833. The van der Waals surface area contributed by atoms with Gasteiger partial charge in [-0.2, -0.15) is 0 Å². The van der Waals surface area contributed by atoms with E-state index in [2.05, 4.69) is 26.1 Å². The van der Waals surface area contributed by atoms with Crippen LogP contribution >= 0.6 is 0 Å². The van der Waals surface area contributed by atoms with Crippen molar-refractivity contribution < 1.29 is 14.6 Å². The number of hydrogen-bond donors (Lipinski definition) is 2. The van der Waals surface area contributed by atoms with E-state index in [0.717, 1.165) is 32.4 Å². The molecule has 0 radical (unpaired) electrons. The van der Waals surface area contributed by atoms with Crippen LogP contribution in [-0.2, 0) is 9.53 Å². The summed E-state index contributed by atoms with van der Waals surface area (Å²) in [6.07, 6.45) is 5.67. The third-order valence-corrected chi connectivity index (χ3v) is 5.62. The van der Waals surface area contributed by atoms with E-state index in [0.29, 0.717) is 18.1 Å². The Kier molecular flexibility index (Phi) is 5.08. The second-order valence-electron chi connectivity index (χ2n) is 7.08. The van der Waals surface area contributed by atoms with Crippen LogP contribution in [0.25, 0.3) is 0 Å². The molecular weight excluding hydrogens is 254 g/mol. The molecule has 4 atom stereocenters. The maximum atomic E-state index is 11.4. The van der Waals surface area contributed by atoms with Gasteiger partial charge in [-0.05, 0) is 43.4 Å². The summed E-state index contributed by atoms with van der Waals surface area (Å²) in [6, 6.07) is 0.408. The molecule has 2 N–H and O–H groups in total. The van der Waals surface area contributed by atoms with E-state index < -0.39 is 5.97 Å². The van der Waals surface area contributed by atoms with Gasteiger partial charge < -0.3 is 15.2 Å². The Morgan fingerprint density at radius 1 is 1.30 bits per heavy atom. The summed E-state index contributed by atoms with van der Waals surface area (Å²) in [7, 11) is 0. The van der Waals surface area contributed by atoms with Gasteiger partial charge in [0.2, 0.25) is 0 Å². The summed E-state index contributed by atoms with van der Waals surface area (Å²) in [5.41, 5.74) is -0.158. The third kappa shape index (κ3) is 3.34. The predicted molar refractivity (Wildman–Crippen MR) is 78.7 cm³/mol. The summed E-state index contributed by atoms with van der Waals surface area (Å²) >= 11 is 0. The van der Waals surface area contributed by atoms with Crippen molar-refractivity contribution in [1.29, 1.82) is 0 Å². The van der Waals surface area contributed by atoms with Crippen molar-refractivity contribution in [3.8, 4) is 0 Å². The molecule has 0 amide bonds. The topological polar surface area (TPSA) is 58.6 Å². The van der Waals surface area contributed by atoms with Crippen LogP contribution in [0.1, 0.15) is 52.9 Å². The summed E-state index contributed by atoms with van der Waals surface area (Å²) in [5.74, 6) is -0.502. The van der Waals surface area contributed by atoms with Crippen LogP contribution in [0.4, 0.5) is 0 Å². The minimum Gasteiger partial charge on any atom is -0.481 e. The molecule has 4 heteroatoms. The van der Waals surface area contributed by atoms with Gasteiger partial charge in [-0.1, -0.05) is 20.8 Å². The molecule has 1 aliphatic heterocycles. The first-order valence-corrected chi connectivity index (χ1v) is 8.00. The lowest BCUT2D eigenvalue weighted by molar-refractivity contribution is -0.150. The average Bonchev–Trinajstić information content (AvgIpc) is 2.41. The minimum absolute atomic E-state index is 0.158. The predicted octanol–water partition coefficient (Wildman–Crippen LogP) is 2.67. The molecule has 1 heterocycles. The lowest BCUT2D eigenvalue weighted by Crippen LogP contribution is -2.52. The second kappa shape index (κ2) is 6.44. The van der Waals surface area contributed by atoms with Crippen LogP contribution in [0.5, 0.6) is 0 Å². The molecule has 116 valence electrons. The molecular formula is C16H29NO3. The molecule has 20 heavy (non-hydrogen) atoms. The number of ether oxygens (including phenoxy) is 1. The highest BCUT2D eigenvalue weighted by Crippen LogP contribution is 2.45. The molecule has 0 spiro atoms. The molecule has 1 aliphatic carbocycles. The zero-order valence-corrected chi connectivity index (χ0v) is 13.0. The van der Waals surface area contributed by atoms with Crippen LogP contribution in [0.2, 0.25) is 0 Å². The normalized spacial score (nSPS) is 37.5. The summed E-state index contributed by atoms with van der Waals surface area (Å²) in [4.78, 5) is 11.4. The van der Waals surface area contributed by atoms with Gasteiger partial charge in [0.15, 0.2) is 0 Å². The van der Waals surface area contributed by atoms with Crippen LogP contribution in [-0.4, -0.2) is 36.4 Å². The zero-order valence-electron chi connectivity index (χ0n) is 13.0. The van der Waals surface area contributed by atoms with Gasteiger partial charge in [0, 0.05) is 19.2 Å². The SMILES string of the molecule is CC1C(NCC2CCCCO2)CCC(C(=O)O)C1(C)C. The standard InChI is InChI=1S/C16H29NO3/c1-11-14(17-10-12-6-4-5-9-20-12)8-7-13(15(18)19)16(11,2)3/h11-14,17H,4-10H2,1-3H3,(H,18,19). The Bertz CT molecular complexity index is 337. The zero-order chi connectivity index (χ0) is 14.8. The molecule has 2 fully saturated rings. The van der Waals surface area contributed by atoms with Crippen molar-refractivity contribution >= 4 is 5.97 Å². The molecule has 4 nitrogen and oxygen atoms in total. The van der Waals surface area contributed by atoms with E-state index in [4.69, 9.17) is 4.74 Å². The third-order valence-electron chi connectivity index (χ3n) is 5.62. The molecule has 4 unspecified atom stereocenters. The molecule has 1 saturated heterocycles. The van der Waals surface area contributed by atoms with E-state index >= 15 is 0 Å². The Hall–Kier alpha value is -0.610. The Labute approximate surface area is 122 Å². The van der Waals surface area contributed by atoms with Gasteiger partial charge in [-0.25, -0.2) is 0 Å². The van der Waals surface area contributed by atoms with E-state index in [1.54, 1.807) is 0 Å². The first kappa shape index (κ1) is 15.8. The van der Waals surface area contributed by atoms with Gasteiger partial charge in [0.1, 0.15) is 0 Å². The van der Waals surface area contributed by atoms with Crippen molar-refractivity contribution in [1.82, 2.24) is 5.32 Å². The van der Waals surface area contributed by atoms with Gasteiger partial charge in [-0.3, -0.25) is 4.79 Å². The second-order valence-corrected chi connectivity index (χ2v) is 7.08. The minimum atomic E-state index is -0.643. The number of aliphatic carboxylic acids is 1. The highest BCUT2D eigenvalue weighted by Gasteiger charge is 2.46. The summed E-state index contributed by atoms with van der Waals surface area (Å²) in [6.45, 7) is 8.18. The van der Waals surface area contributed by atoms with Crippen LogP contribution < -0.4 is 5.32 Å². The van der Waals surface area contributed by atoms with Crippen molar-refractivity contribution in [2.45, 2.75) is 65.0 Å². The van der Waals surface area contributed by atoms with Gasteiger partial charge >= 0.3 is 5.97 Å². The van der Waals surface area contributed by atoms with Gasteiger partial charge in [0.25, 0.3) is 0 Å². The van der Waals surface area contributed by atoms with Crippen molar-refractivity contribution in [2.75, 3.05) is 13.2 Å². The smallest absolute Gasteiger partial charge is 0.307 e. The summed E-state index contributed by atoms with van der Waals surface area (Å²) < 4.78 is 5.76. The van der Waals surface area contributed by atoms with E-state index in [9.17, 15) is 9.90 Å². The largest absolute Gasteiger partial charge is 0.481 e. The number of carbonyl (C=O) groups is 1.